The van der Waals surface area contributed by atoms with Crippen molar-refractivity contribution >= 4 is 0 Å². The van der Waals surface area contributed by atoms with Gasteiger partial charge >= 0.3 is 0 Å². The molecule has 2 N–H and O–H groups in total. The topological polar surface area (TPSA) is 56.7 Å². The lowest BCUT2D eigenvalue weighted by Crippen LogP contribution is -2.06. The van der Waals surface area contributed by atoms with Crippen molar-refractivity contribution in [2.24, 2.45) is 5.73 Å². The van der Waals surface area contributed by atoms with Crippen molar-refractivity contribution in [1.29, 1.82) is 0 Å². The van der Waals surface area contributed by atoms with Crippen LogP contribution in [-0.4, -0.2) is 21.5 Å². The third kappa shape index (κ3) is 2.71. The molecule has 17 heavy (non-hydrogen) atoms. The fourth-order valence-corrected chi connectivity index (χ4v) is 1.86. The molecular formula is C13H18N4. The van der Waals surface area contributed by atoms with Gasteiger partial charge in [0.05, 0.1) is 6.20 Å². The van der Waals surface area contributed by atoms with Crippen LogP contribution in [0.1, 0.15) is 18.9 Å². The second-order valence-corrected chi connectivity index (χ2v) is 4.02. The van der Waals surface area contributed by atoms with E-state index in [1.54, 1.807) is 0 Å². The Labute approximate surface area is 101 Å². The molecule has 0 saturated heterocycles. The summed E-state index contributed by atoms with van der Waals surface area (Å²) >= 11 is 0. The van der Waals surface area contributed by atoms with Crippen LogP contribution < -0.4 is 5.73 Å². The van der Waals surface area contributed by atoms with Gasteiger partial charge in [0.1, 0.15) is 5.69 Å². The number of hydrogen-bond donors (Lipinski definition) is 1. The first kappa shape index (κ1) is 11.8. The zero-order chi connectivity index (χ0) is 12.1. The highest BCUT2D eigenvalue weighted by atomic mass is 15.4. The van der Waals surface area contributed by atoms with Crippen LogP contribution in [0.2, 0.25) is 0 Å². The first-order valence-electron chi connectivity index (χ1n) is 6.03. The average Bonchev–Trinajstić information content (AvgIpc) is 2.85. The molecular weight excluding hydrogens is 212 g/mol. The maximum atomic E-state index is 5.48. The van der Waals surface area contributed by atoms with Gasteiger partial charge in [-0.1, -0.05) is 36.4 Å². The number of aryl methyl sites for hydroxylation is 2. The van der Waals surface area contributed by atoms with Crippen LogP contribution in [0, 0.1) is 0 Å². The minimum Gasteiger partial charge on any atom is -0.330 e. The molecule has 0 spiro atoms. The van der Waals surface area contributed by atoms with E-state index in [1.807, 2.05) is 16.9 Å². The Morgan fingerprint density at radius 2 is 2.12 bits per heavy atom. The lowest BCUT2D eigenvalue weighted by atomic mass is 10.0. The Hall–Kier alpha value is -1.68. The first-order valence-corrected chi connectivity index (χ1v) is 6.03. The third-order valence-corrected chi connectivity index (χ3v) is 2.80. The van der Waals surface area contributed by atoms with E-state index in [2.05, 4.69) is 35.4 Å². The van der Waals surface area contributed by atoms with Gasteiger partial charge in [0.2, 0.25) is 0 Å². The molecule has 4 nitrogen and oxygen atoms in total. The summed E-state index contributed by atoms with van der Waals surface area (Å²) in [6.07, 6.45) is 3.92. The van der Waals surface area contributed by atoms with E-state index in [-0.39, 0.29) is 0 Å². The van der Waals surface area contributed by atoms with E-state index >= 15 is 0 Å². The molecule has 1 aromatic heterocycles. The highest BCUT2D eigenvalue weighted by Crippen LogP contribution is 2.21. The van der Waals surface area contributed by atoms with Crippen LogP contribution in [-0.2, 0) is 13.0 Å². The van der Waals surface area contributed by atoms with Crippen molar-refractivity contribution in [1.82, 2.24) is 15.0 Å². The largest absolute Gasteiger partial charge is 0.330 e. The summed E-state index contributed by atoms with van der Waals surface area (Å²) in [6, 6.07) is 8.32. The molecule has 0 amide bonds. The minimum absolute atomic E-state index is 0.681. The summed E-state index contributed by atoms with van der Waals surface area (Å²) in [4.78, 5) is 0. The molecule has 0 aliphatic heterocycles. The molecule has 0 aliphatic carbocycles. The Morgan fingerprint density at radius 1 is 1.29 bits per heavy atom. The van der Waals surface area contributed by atoms with E-state index in [9.17, 15) is 0 Å². The summed E-state index contributed by atoms with van der Waals surface area (Å²) in [5.41, 5.74) is 8.90. The minimum atomic E-state index is 0.681. The second-order valence-electron chi connectivity index (χ2n) is 4.02. The molecule has 0 atom stereocenters. The van der Waals surface area contributed by atoms with Crippen LogP contribution >= 0.6 is 0 Å². The quantitative estimate of drug-likeness (QED) is 0.853. The summed E-state index contributed by atoms with van der Waals surface area (Å²) in [6.45, 7) is 3.66. The zero-order valence-corrected chi connectivity index (χ0v) is 10.1. The highest BCUT2D eigenvalue weighted by molar-refractivity contribution is 5.62. The standard InChI is InChI=1S/C13H18N4/c1-2-11-6-3-4-7-12(11)13-10-17(16-15-13)9-5-8-14/h3-4,6-7,10H,2,5,8-9,14H2,1H3. The molecule has 4 heteroatoms. The van der Waals surface area contributed by atoms with E-state index in [4.69, 9.17) is 5.73 Å². The van der Waals surface area contributed by atoms with Crippen molar-refractivity contribution in [3.63, 3.8) is 0 Å². The third-order valence-electron chi connectivity index (χ3n) is 2.80. The van der Waals surface area contributed by atoms with Gasteiger partial charge in [-0.15, -0.1) is 5.10 Å². The average molecular weight is 230 g/mol. The second kappa shape index (κ2) is 5.59. The van der Waals surface area contributed by atoms with Crippen molar-refractivity contribution in [3.05, 3.63) is 36.0 Å². The summed E-state index contributed by atoms with van der Waals surface area (Å²) in [5.74, 6) is 0. The van der Waals surface area contributed by atoms with Gasteiger partial charge in [0.25, 0.3) is 0 Å². The van der Waals surface area contributed by atoms with Gasteiger partial charge in [-0.3, -0.25) is 4.68 Å². The van der Waals surface area contributed by atoms with E-state index in [0.717, 1.165) is 25.1 Å². The molecule has 1 heterocycles. The summed E-state index contributed by atoms with van der Waals surface area (Å²) in [5, 5.41) is 8.34. The Morgan fingerprint density at radius 3 is 2.88 bits per heavy atom. The molecule has 2 aromatic rings. The predicted octanol–water partition coefficient (Wildman–Crippen LogP) is 1.86. The SMILES string of the molecule is CCc1ccccc1-c1cn(CCCN)nn1. The van der Waals surface area contributed by atoms with Crippen LogP contribution in [0.25, 0.3) is 11.3 Å². The molecule has 0 bridgehead atoms. The number of aromatic nitrogens is 3. The number of hydrogen-bond acceptors (Lipinski definition) is 3. The molecule has 0 radical (unpaired) electrons. The Bertz CT molecular complexity index is 476. The molecule has 0 saturated carbocycles. The van der Waals surface area contributed by atoms with Gasteiger partial charge in [-0.2, -0.15) is 0 Å². The molecule has 0 aliphatic rings. The fourth-order valence-electron chi connectivity index (χ4n) is 1.86. The lowest BCUT2D eigenvalue weighted by Gasteiger charge is -2.03. The smallest absolute Gasteiger partial charge is 0.113 e. The normalized spacial score (nSPS) is 10.7. The van der Waals surface area contributed by atoms with Crippen molar-refractivity contribution in [2.45, 2.75) is 26.3 Å². The van der Waals surface area contributed by atoms with E-state index < -0.39 is 0 Å². The Balaban J connectivity index is 2.24. The number of nitrogens with zero attached hydrogens (tertiary/aromatic N) is 3. The van der Waals surface area contributed by atoms with Crippen molar-refractivity contribution < 1.29 is 0 Å². The summed E-state index contributed by atoms with van der Waals surface area (Å²) < 4.78 is 1.86. The first-order chi connectivity index (χ1) is 8.35. The van der Waals surface area contributed by atoms with Crippen molar-refractivity contribution in [3.8, 4) is 11.3 Å². The summed E-state index contributed by atoms with van der Waals surface area (Å²) in [7, 11) is 0. The van der Waals surface area contributed by atoms with Crippen molar-refractivity contribution in [2.75, 3.05) is 6.54 Å². The molecule has 1 aromatic carbocycles. The zero-order valence-electron chi connectivity index (χ0n) is 10.1. The van der Waals surface area contributed by atoms with E-state index in [0.29, 0.717) is 6.54 Å². The fraction of sp³-hybridized carbons (Fsp3) is 0.385. The molecule has 90 valence electrons. The van der Waals surface area contributed by atoms with Gasteiger partial charge in [-0.25, -0.2) is 0 Å². The van der Waals surface area contributed by atoms with Gasteiger partial charge in [0.15, 0.2) is 0 Å². The molecule has 2 rings (SSSR count). The maximum Gasteiger partial charge on any atom is 0.113 e. The molecule has 0 fully saturated rings. The number of nitrogens with two attached hydrogens (primary N) is 1. The highest BCUT2D eigenvalue weighted by Gasteiger charge is 2.07. The van der Waals surface area contributed by atoms with Crippen LogP contribution in [0.15, 0.2) is 30.5 Å². The van der Waals surface area contributed by atoms with Gasteiger partial charge in [0, 0.05) is 12.1 Å². The van der Waals surface area contributed by atoms with E-state index in [1.165, 1.54) is 11.1 Å². The number of rotatable bonds is 5. The van der Waals surface area contributed by atoms with Crippen LogP contribution in [0.5, 0.6) is 0 Å². The van der Waals surface area contributed by atoms with Crippen LogP contribution in [0.4, 0.5) is 0 Å². The van der Waals surface area contributed by atoms with Crippen LogP contribution in [0.3, 0.4) is 0 Å². The predicted molar refractivity (Wildman–Crippen MR) is 68.5 cm³/mol. The monoisotopic (exact) mass is 230 g/mol. The lowest BCUT2D eigenvalue weighted by molar-refractivity contribution is 0.564. The number of benzene rings is 1. The molecule has 0 unspecified atom stereocenters. The van der Waals surface area contributed by atoms with Gasteiger partial charge in [-0.05, 0) is 24.9 Å². The Kier molecular flexibility index (Phi) is 3.88. The maximum absolute atomic E-state index is 5.48. The van der Waals surface area contributed by atoms with Gasteiger partial charge < -0.3 is 5.73 Å².